The number of esters is 2. The van der Waals surface area contributed by atoms with E-state index in [1.54, 1.807) is 25.3 Å². The standard InChI is InChI=1S/C20H14F4N4O2.C13H13F2N3O2.C8H7F2NO2.C8H5F2NO.C8H6F2O2.C7H3F2NO.C4H6O3.C2H6O.CH5N.CH4/c21-13-3-11(4-14(22)6-13)18-1-2-26-28(18)20(29)27-9-15(10-27)30-19-5-12(8-25)16(23)7-17(19)24;14-9-3-8(4-10(15)5-9)12-1-2-16-18(12)13(20)17-6-11(19)7-17;1-13-8-2-5(4-11-12)6(9)3-7(8)10;2*1-12-8-2-5(4-11)6(9)3-7(8)10;8-5-2-6(9)7(11)1-4(5)3-10;1-3(5)7-4(2)6;1-2-3;1-2;/h2-7,15,18H,1,9-10H2;2-5,11-12,19H,1,6-7H2;2-4,12H,1H3;2-3H,1H3;2-4H,1H3;1-2,11H;1-2H3;3H,2H2,1H3;2H2,1H3;1H4/b;;11-4+;;;;;;;/t18-;12-;;;;;;;;/m00......../s1. The largest absolute Gasteiger partial charge is 0.505 e. The number of nitrogens with two attached hydrogens (primary N) is 1. The summed E-state index contributed by atoms with van der Waals surface area (Å²) < 4.78 is 205. The average Bonchev–Trinajstić information content (AvgIpc) is 1.73. The minimum Gasteiger partial charge on any atom is -0.505 e. The van der Waals surface area contributed by atoms with Crippen molar-refractivity contribution in [3.05, 3.63) is 217 Å². The third-order valence-corrected chi connectivity index (χ3v) is 14.0. The van der Waals surface area contributed by atoms with Gasteiger partial charge in [-0.05, 0) is 61.5 Å². The van der Waals surface area contributed by atoms with Crippen molar-refractivity contribution in [1.82, 2.24) is 19.8 Å². The fraction of sp³-hybridized carbons (Fsp3) is 0.264. The molecule has 111 heavy (non-hydrogen) atoms. The number of carbonyl (C=O) groups is 5. The second-order valence-corrected chi connectivity index (χ2v) is 21.6. The molecule has 11 rings (SSSR count). The van der Waals surface area contributed by atoms with Crippen LogP contribution in [-0.2, 0) is 14.3 Å². The molecule has 2 saturated heterocycles. The second kappa shape index (κ2) is 46.3. The van der Waals surface area contributed by atoms with Crippen LogP contribution in [0, 0.1) is 115 Å². The molecule has 0 unspecified atom stereocenters. The maximum absolute atomic E-state index is 13.8. The van der Waals surface area contributed by atoms with Crippen molar-refractivity contribution in [1.29, 1.82) is 15.8 Å². The van der Waals surface area contributed by atoms with Gasteiger partial charge in [-0.3, -0.25) is 14.4 Å². The van der Waals surface area contributed by atoms with E-state index in [4.69, 9.17) is 35.9 Å². The number of ether oxygens (including phenoxy) is 5. The van der Waals surface area contributed by atoms with Crippen molar-refractivity contribution in [2.24, 2.45) is 21.1 Å². The van der Waals surface area contributed by atoms with Gasteiger partial charge in [0.15, 0.2) is 64.1 Å². The summed E-state index contributed by atoms with van der Waals surface area (Å²) in [6, 6.07) is 16.6. The highest BCUT2D eigenvalue weighted by Gasteiger charge is 2.40. The molecule has 0 bridgehead atoms. The van der Waals surface area contributed by atoms with Gasteiger partial charge in [0.25, 0.3) is 0 Å². The zero-order chi connectivity index (χ0) is 82.8. The molecule has 594 valence electrons. The van der Waals surface area contributed by atoms with E-state index in [0.29, 0.717) is 55.0 Å². The van der Waals surface area contributed by atoms with Crippen LogP contribution in [0.1, 0.15) is 96.9 Å². The molecule has 4 heterocycles. The molecule has 39 heteroatoms. The molecule has 7 aromatic rings. The molecule has 0 aromatic heterocycles. The number of benzene rings is 7. The smallest absolute Gasteiger partial charge is 0.341 e. The van der Waals surface area contributed by atoms with Crippen molar-refractivity contribution in [3.8, 4) is 47.0 Å². The van der Waals surface area contributed by atoms with E-state index in [2.05, 4.69) is 40.0 Å². The molecule has 0 saturated carbocycles. The maximum Gasteiger partial charge on any atom is 0.341 e. The van der Waals surface area contributed by atoms with Gasteiger partial charge < -0.3 is 59.7 Å². The van der Waals surface area contributed by atoms with Gasteiger partial charge in [-0.1, -0.05) is 12.6 Å². The number of phenols is 1. The van der Waals surface area contributed by atoms with Crippen LogP contribution < -0.4 is 24.7 Å². The van der Waals surface area contributed by atoms with E-state index < -0.39 is 129 Å². The number of phenolic OH excluding ortho intramolecular Hbond substituents is 1. The Morgan fingerprint density at radius 3 is 1.21 bits per heavy atom. The normalized spacial score (nSPS) is 13.8. The van der Waals surface area contributed by atoms with E-state index in [1.165, 1.54) is 81.4 Å². The lowest BCUT2D eigenvalue weighted by molar-refractivity contribution is -0.156. The fourth-order valence-electron chi connectivity index (χ4n) is 8.99. The number of aliphatic hydroxyl groups is 2. The Balaban J connectivity index is 0.000000455. The summed E-state index contributed by atoms with van der Waals surface area (Å²) >= 11 is 0. The summed E-state index contributed by atoms with van der Waals surface area (Å²) in [5, 5.41) is 72.0. The van der Waals surface area contributed by atoms with Crippen LogP contribution in [0.2, 0.25) is 0 Å². The molecule has 4 aliphatic heterocycles. The van der Waals surface area contributed by atoms with E-state index in [9.17, 15) is 90.5 Å². The SMILES string of the molecule is C.CC(=O)OC(C)=O.CCO.CN.COc1cc(/C=N/O)c(F)cc1F.COc1cc(C#N)c(F)cc1F.COc1cc(C=O)c(F)cc1F.N#Cc1cc(O)c(F)cc1F.N#Cc1cc(OC2CN(C(=O)N3N=CC[C@H]3c3cc(F)cc(F)c3)C2)c(F)cc1F.O=C(N1CC(O)C1)N1N=CC[C@H]1c1cc(F)cc(F)c1. The summed E-state index contributed by atoms with van der Waals surface area (Å²) in [6.45, 7) is 5.02. The van der Waals surface area contributed by atoms with E-state index in [0.717, 1.165) is 65.8 Å². The number of halogens is 14. The molecule has 2 atom stereocenters. The van der Waals surface area contributed by atoms with Gasteiger partial charge in [-0.15, -0.1) is 0 Å². The van der Waals surface area contributed by atoms with Gasteiger partial charge in [-0.25, -0.2) is 81.1 Å². The number of hydrogen-bond acceptors (Lipinski definition) is 21. The molecule has 25 nitrogen and oxygen atoms in total. The summed E-state index contributed by atoms with van der Waals surface area (Å²) in [7, 11) is 5.25. The maximum atomic E-state index is 13.8. The number of hydrazone groups is 2. The van der Waals surface area contributed by atoms with Crippen molar-refractivity contribution in [3.63, 3.8) is 0 Å². The number of aliphatic hydroxyl groups excluding tert-OH is 2. The quantitative estimate of drug-likeness (QED) is 0.0170. The Morgan fingerprint density at radius 1 is 0.523 bits per heavy atom. The molecule has 7 aromatic carbocycles. The fourth-order valence-corrected chi connectivity index (χ4v) is 8.99. The lowest BCUT2D eigenvalue weighted by atomic mass is 10.0. The molecule has 0 radical (unpaired) electrons. The number of rotatable bonds is 9. The molecular weight excluding hydrogens is 1510 g/mol. The summed E-state index contributed by atoms with van der Waals surface area (Å²) in [5.41, 5.74) is 3.94. The molecule has 6 N–H and O–H groups in total. The monoisotopic (exact) mass is 1580 g/mol. The van der Waals surface area contributed by atoms with E-state index in [1.807, 2.05) is 0 Å². The minimum absolute atomic E-state index is 0. The number of aldehydes is 1. The van der Waals surface area contributed by atoms with Gasteiger partial charge >= 0.3 is 24.0 Å². The van der Waals surface area contributed by atoms with Gasteiger partial charge in [0.1, 0.15) is 76.7 Å². The predicted octanol–water partition coefficient (Wildman–Crippen LogP) is 12.5. The third kappa shape index (κ3) is 28.3. The third-order valence-electron chi connectivity index (χ3n) is 14.0. The predicted molar refractivity (Wildman–Crippen MR) is 367 cm³/mol. The van der Waals surface area contributed by atoms with Gasteiger partial charge in [0, 0.05) is 112 Å². The first-order chi connectivity index (χ1) is 52.1. The number of hydrogen-bond donors (Lipinski definition) is 5. The van der Waals surface area contributed by atoms with Crippen LogP contribution in [0.25, 0.3) is 0 Å². The zero-order valence-corrected chi connectivity index (χ0v) is 58.5. The number of nitriles is 3. The van der Waals surface area contributed by atoms with Crippen molar-refractivity contribution in [2.75, 3.05) is 61.2 Å². The Kier molecular flexibility index (Phi) is 39.3. The number of nitrogens with zero attached hydrogens (tertiary/aromatic N) is 10. The van der Waals surface area contributed by atoms with Crippen LogP contribution in [0.3, 0.4) is 0 Å². The number of amides is 4. The van der Waals surface area contributed by atoms with E-state index >= 15 is 0 Å². The first-order valence-corrected chi connectivity index (χ1v) is 31.1. The number of aromatic hydroxyl groups is 1. The Hall–Kier alpha value is -12.9. The molecule has 0 aliphatic carbocycles. The Labute approximate surface area is 624 Å². The van der Waals surface area contributed by atoms with Gasteiger partial charge in [0.2, 0.25) is 0 Å². The molecule has 0 spiro atoms. The number of carbonyl (C=O) groups excluding carboxylic acids is 5. The minimum atomic E-state index is -1.07. The molecule has 4 amide bonds. The average molecular weight is 1580 g/mol. The lowest BCUT2D eigenvalue weighted by Gasteiger charge is -2.41. The van der Waals surface area contributed by atoms with Gasteiger partial charge in [-0.2, -0.15) is 26.0 Å². The van der Waals surface area contributed by atoms with Crippen LogP contribution >= 0.6 is 0 Å². The van der Waals surface area contributed by atoms with Crippen LogP contribution in [0.5, 0.6) is 28.7 Å². The lowest BCUT2D eigenvalue weighted by Crippen LogP contribution is -2.58. The van der Waals surface area contributed by atoms with E-state index in [-0.39, 0.29) is 103 Å². The molecular formula is C72H69F14N11O14. The van der Waals surface area contributed by atoms with Crippen LogP contribution in [-0.4, -0.2) is 163 Å². The number of methoxy groups -OCH3 is 3. The Morgan fingerprint density at radius 2 is 0.856 bits per heavy atom. The number of urea groups is 2. The van der Waals surface area contributed by atoms with Crippen molar-refractivity contribution < 1.29 is 130 Å². The highest BCUT2D eigenvalue weighted by Crippen LogP contribution is 2.34. The number of oxime groups is 1. The number of β-amino-alcohol motifs (C(OH)–C–C–N with tert-alkyl or cyclic N) is 1. The number of likely N-dealkylation sites (tertiary alicyclic amines) is 2. The topological polar surface area (TPSA) is 360 Å². The van der Waals surface area contributed by atoms with Crippen LogP contribution in [0.4, 0.5) is 71.1 Å². The summed E-state index contributed by atoms with van der Waals surface area (Å²) in [4.78, 5) is 57.5. The molecule has 4 aliphatic rings. The highest BCUT2D eigenvalue weighted by atomic mass is 19.2. The first-order valence-electron chi connectivity index (χ1n) is 31.1. The first kappa shape index (κ1) is 94.2. The van der Waals surface area contributed by atoms with Crippen LogP contribution in [0.15, 0.2) is 112 Å². The summed E-state index contributed by atoms with van der Waals surface area (Å²) in [5.74, 6) is -14.3. The second-order valence-electron chi connectivity index (χ2n) is 21.6. The Bertz CT molecular complexity index is 4540. The summed E-state index contributed by atoms with van der Waals surface area (Å²) in [6.07, 6.45) is 3.84. The van der Waals surface area contributed by atoms with Gasteiger partial charge in [0.05, 0.1) is 94.2 Å². The van der Waals surface area contributed by atoms with Crippen molar-refractivity contribution >= 4 is 48.9 Å². The molecule has 2 fully saturated rings. The zero-order valence-electron chi connectivity index (χ0n) is 58.5. The highest BCUT2D eigenvalue weighted by molar-refractivity contribution is 5.83. The van der Waals surface area contributed by atoms with Crippen molar-refractivity contribution in [2.45, 2.75) is 65.3 Å².